The van der Waals surface area contributed by atoms with E-state index in [4.69, 9.17) is 19.9 Å². The Hall–Kier alpha value is -2.25. The second kappa shape index (κ2) is 6.73. The van der Waals surface area contributed by atoms with Crippen molar-refractivity contribution in [3.63, 3.8) is 0 Å². The van der Waals surface area contributed by atoms with Crippen molar-refractivity contribution in [3.8, 4) is 0 Å². The third-order valence-electron chi connectivity index (χ3n) is 4.95. The minimum Gasteiger partial charge on any atom is -0.432 e. The van der Waals surface area contributed by atoms with Crippen LogP contribution in [0.5, 0.6) is 0 Å². The maximum Gasteiger partial charge on any atom is 0.229 e. The minimum atomic E-state index is -0.229. The Morgan fingerprint density at radius 2 is 2.07 bits per heavy atom. The summed E-state index contributed by atoms with van der Waals surface area (Å²) in [6.07, 6.45) is 3.26. The van der Waals surface area contributed by atoms with Crippen molar-refractivity contribution < 1.29 is 9.15 Å². The van der Waals surface area contributed by atoms with Crippen LogP contribution in [0.4, 0.5) is 5.82 Å². The number of fused-ring (bicyclic) bond motifs is 5. The van der Waals surface area contributed by atoms with E-state index in [1.807, 2.05) is 0 Å². The lowest BCUT2D eigenvalue weighted by Crippen LogP contribution is -2.33. The number of furan rings is 1. The molecule has 0 atom stereocenters. The van der Waals surface area contributed by atoms with Crippen molar-refractivity contribution in [1.82, 2.24) is 15.0 Å². The van der Waals surface area contributed by atoms with Crippen LogP contribution < -0.4 is 11.1 Å². The fourth-order valence-corrected chi connectivity index (χ4v) is 3.75. The van der Waals surface area contributed by atoms with Gasteiger partial charge in [-0.15, -0.1) is 0 Å². The van der Waals surface area contributed by atoms with E-state index in [9.17, 15) is 0 Å². The zero-order chi connectivity index (χ0) is 19.2. The lowest BCUT2D eigenvalue weighted by molar-refractivity contribution is -0.0402. The van der Waals surface area contributed by atoms with Crippen molar-refractivity contribution in [2.24, 2.45) is 11.7 Å². The second-order valence-corrected chi connectivity index (χ2v) is 8.24. The van der Waals surface area contributed by atoms with E-state index >= 15 is 0 Å². The van der Waals surface area contributed by atoms with Gasteiger partial charge in [0.1, 0.15) is 11.8 Å². The number of nitrogens with one attached hydrogen (secondary N) is 1. The highest BCUT2D eigenvalue weighted by molar-refractivity contribution is 6.06. The molecule has 1 aliphatic rings. The van der Waals surface area contributed by atoms with E-state index in [2.05, 4.69) is 43.0 Å². The van der Waals surface area contributed by atoms with Crippen LogP contribution in [0.15, 0.2) is 10.7 Å². The average molecular weight is 369 g/mol. The molecule has 0 fully saturated rings. The van der Waals surface area contributed by atoms with Crippen LogP contribution in [0, 0.1) is 5.92 Å². The molecule has 3 aromatic rings. The van der Waals surface area contributed by atoms with Gasteiger partial charge in [-0.3, -0.25) is 0 Å². The van der Waals surface area contributed by atoms with Crippen LogP contribution in [0.3, 0.4) is 0 Å². The molecular formula is C20H27N5O2. The Kier molecular flexibility index (Phi) is 4.52. The number of hydrogen-bond donors (Lipinski definition) is 2. The predicted octanol–water partition coefficient (Wildman–Crippen LogP) is 3.19. The van der Waals surface area contributed by atoms with E-state index in [0.717, 1.165) is 29.4 Å². The van der Waals surface area contributed by atoms with E-state index in [-0.39, 0.29) is 5.60 Å². The van der Waals surface area contributed by atoms with Crippen LogP contribution in [0.2, 0.25) is 0 Å². The number of ether oxygens (including phenoxy) is 1. The second-order valence-electron chi connectivity index (χ2n) is 8.24. The summed E-state index contributed by atoms with van der Waals surface area (Å²) in [5.74, 6) is 1.16. The normalized spacial score (nSPS) is 16.2. The molecule has 3 aromatic heterocycles. The third-order valence-corrected chi connectivity index (χ3v) is 4.95. The number of hydrogen-bond acceptors (Lipinski definition) is 7. The van der Waals surface area contributed by atoms with E-state index in [1.165, 1.54) is 11.1 Å². The summed E-state index contributed by atoms with van der Waals surface area (Å²) in [4.78, 5) is 13.7. The molecular weight excluding hydrogens is 342 g/mol. The van der Waals surface area contributed by atoms with E-state index < -0.39 is 0 Å². The summed E-state index contributed by atoms with van der Waals surface area (Å²) >= 11 is 0. The molecule has 27 heavy (non-hydrogen) atoms. The monoisotopic (exact) mass is 369 g/mol. The standard InChI is InChI=1S/C20H27N5O2/c1-11(2)7-14-13-9-26-20(3,4)8-12(13)15-16-17(27-19(15)25-14)18(22-6-5-21)24-10-23-16/h10-11H,5-9,21H2,1-4H3,(H,22,23,24). The Labute approximate surface area is 158 Å². The number of anilines is 1. The van der Waals surface area contributed by atoms with E-state index in [1.54, 1.807) is 6.33 Å². The lowest BCUT2D eigenvalue weighted by Gasteiger charge is -2.33. The number of nitrogens with two attached hydrogens (primary N) is 1. The first-order valence-corrected chi connectivity index (χ1v) is 9.55. The summed E-state index contributed by atoms with van der Waals surface area (Å²) in [5.41, 5.74) is 11.0. The highest BCUT2D eigenvalue weighted by Crippen LogP contribution is 2.39. The molecule has 0 radical (unpaired) electrons. The maximum absolute atomic E-state index is 6.16. The number of rotatable bonds is 5. The molecule has 0 saturated heterocycles. The van der Waals surface area contributed by atoms with Crippen molar-refractivity contribution in [1.29, 1.82) is 0 Å². The van der Waals surface area contributed by atoms with Crippen LogP contribution >= 0.6 is 0 Å². The molecule has 0 aromatic carbocycles. The van der Waals surface area contributed by atoms with Gasteiger partial charge < -0.3 is 20.2 Å². The molecule has 3 N–H and O–H groups in total. The molecule has 7 heteroatoms. The van der Waals surface area contributed by atoms with Gasteiger partial charge >= 0.3 is 0 Å². The molecule has 0 saturated carbocycles. The fourth-order valence-electron chi connectivity index (χ4n) is 3.75. The topological polar surface area (TPSA) is 99.1 Å². The number of aromatic nitrogens is 3. The molecule has 4 heterocycles. The zero-order valence-electron chi connectivity index (χ0n) is 16.4. The average Bonchev–Trinajstić information content (AvgIpc) is 2.97. The van der Waals surface area contributed by atoms with Gasteiger partial charge in [-0.1, -0.05) is 13.8 Å². The smallest absolute Gasteiger partial charge is 0.229 e. The minimum absolute atomic E-state index is 0.229. The summed E-state index contributed by atoms with van der Waals surface area (Å²) in [5, 5.41) is 4.21. The quantitative estimate of drug-likeness (QED) is 0.712. The van der Waals surface area contributed by atoms with Gasteiger partial charge in [0.15, 0.2) is 11.4 Å². The van der Waals surface area contributed by atoms with Crippen molar-refractivity contribution in [3.05, 3.63) is 23.1 Å². The van der Waals surface area contributed by atoms with Gasteiger partial charge in [-0.25, -0.2) is 15.0 Å². The van der Waals surface area contributed by atoms with Gasteiger partial charge in [0, 0.05) is 25.1 Å². The molecule has 0 aliphatic carbocycles. The summed E-state index contributed by atoms with van der Waals surface area (Å²) < 4.78 is 12.3. The zero-order valence-corrected chi connectivity index (χ0v) is 16.4. The Bertz CT molecular complexity index is 993. The molecule has 1 aliphatic heterocycles. The van der Waals surface area contributed by atoms with Gasteiger partial charge in [0.2, 0.25) is 5.71 Å². The molecule has 4 rings (SSSR count). The van der Waals surface area contributed by atoms with Crippen LogP contribution in [-0.2, 0) is 24.2 Å². The van der Waals surface area contributed by atoms with Gasteiger partial charge in [-0.2, -0.15) is 0 Å². The number of pyridine rings is 1. The first kappa shape index (κ1) is 18.1. The Morgan fingerprint density at radius 1 is 1.26 bits per heavy atom. The summed E-state index contributed by atoms with van der Waals surface area (Å²) in [6.45, 7) is 10.3. The van der Waals surface area contributed by atoms with Crippen molar-refractivity contribution in [2.75, 3.05) is 18.4 Å². The highest BCUT2D eigenvalue weighted by atomic mass is 16.5. The molecule has 144 valence electrons. The molecule has 0 unspecified atom stereocenters. The van der Waals surface area contributed by atoms with Crippen molar-refractivity contribution >= 4 is 28.0 Å². The summed E-state index contributed by atoms with van der Waals surface area (Å²) in [6, 6.07) is 0. The highest BCUT2D eigenvalue weighted by Gasteiger charge is 2.32. The maximum atomic E-state index is 6.16. The lowest BCUT2D eigenvalue weighted by atomic mass is 9.88. The summed E-state index contributed by atoms with van der Waals surface area (Å²) in [7, 11) is 0. The molecule has 0 amide bonds. The first-order valence-electron chi connectivity index (χ1n) is 9.55. The SMILES string of the molecule is CC(C)Cc1nc2oc3c(NCCN)ncnc3c2c2c1COC(C)(C)C2. The molecule has 7 nitrogen and oxygen atoms in total. The molecule has 0 bridgehead atoms. The molecule has 0 spiro atoms. The fraction of sp³-hybridized carbons (Fsp3) is 0.550. The van der Waals surface area contributed by atoms with Crippen LogP contribution in [-0.4, -0.2) is 33.6 Å². The number of nitrogens with zero attached hydrogens (tertiary/aromatic N) is 3. The van der Waals surface area contributed by atoms with E-state index in [0.29, 0.717) is 42.7 Å². The Morgan fingerprint density at radius 3 is 2.81 bits per heavy atom. The first-order chi connectivity index (χ1) is 12.9. The van der Waals surface area contributed by atoms with Gasteiger partial charge in [-0.05, 0) is 31.7 Å². The predicted molar refractivity (Wildman–Crippen MR) is 106 cm³/mol. The van der Waals surface area contributed by atoms with Crippen LogP contribution in [0.1, 0.15) is 44.5 Å². The van der Waals surface area contributed by atoms with Gasteiger partial charge in [0.05, 0.1) is 23.3 Å². The Balaban J connectivity index is 1.99. The largest absolute Gasteiger partial charge is 0.432 e. The van der Waals surface area contributed by atoms with Gasteiger partial charge in [0.25, 0.3) is 0 Å². The van der Waals surface area contributed by atoms with Crippen molar-refractivity contribution in [2.45, 2.75) is 52.7 Å². The van der Waals surface area contributed by atoms with Crippen LogP contribution in [0.25, 0.3) is 22.2 Å². The third kappa shape index (κ3) is 3.26.